The van der Waals surface area contributed by atoms with Gasteiger partial charge in [-0.2, -0.15) is 0 Å². The van der Waals surface area contributed by atoms with E-state index in [0.717, 1.165) is 19.3 Å². The van der Waals surface area contributed by atoms with Gasteiger partial charge in [0.05, 0.1) is 16.3 Å². The van der Waals surface area contributed by atoms with Gasteiger partial charge in [0.1, 0.15) is 5.75 Å². The van der Waals surface area contributed by atoms with Crippen molar-refractivity contribution >= 4 is 17.6 Å². The zero-order valence-electron chi connectivity index (χ0n) is 13.5. The third-order valence-corrected chi connectivity index (χ3v) is 3.33. The van der Waals surface area contributed by atoms with Crippen molar-refractivity contribution in [2.24, 2.45) is 0 Å². The van der Waals surface area contributed by atoms with Gasteiger partial charge in [-0.25, -0.2) is 4.79 Å². The van der Waals surface area contributed by atoms with Crippen molar-refractivity contribution in [3.8, 4) is 5.75 Å². The van der Waals surface area contributed by atoms with Crippen molar-refractivity contribution < 1.29 is 24.1 Å². The summed E-state index contributed by atoms with van der Waals surface area (Å²) in [5.41, 5.74) is 0.248. The summed E-state index contributed by atoms with van der Waals surface area (Å²) in [6, 6.07) is 4.14. The summed E-state index contributed by atoms with van der Waals surface area (Å²) in [5, 5.41) is 9.48. The van der Waals surface area contributed by atoms with Crippen LogP contribution >= 0.6 is 11.6 Å². The zero-order valence-corrected chi connectivity index (χ0v) is 14.3. The quantitative estimate of drug-likeness (QED) is 0.290. The lowest BCUT2D eigenvalue weighted by molar-refractivity contribution is -0.163. The normalized spacial score (nSPS) is 11.8. The van der Waals surface area contributed by atoms with E-state index in [0.29, 0.717) is 12.2 Å². The van der Waals surface area contributed by atoms with Crippen LogP contribution in [0.1, 0.15) is 49.9 Å². The maximum Gasteiger partial charge on any atom is 0.340 e. The molecule has 0 aliphatic carbocycles. The number of phenols is 1. The SMILES string of the molecule is C=C(C)OCOC(CCCCC)OC(=O)c1ccc(O)c(Cl)c1. The highest BCUT2D eigenvalue weighted by molar-refractivity contribution is 6.32. The van der Waals surface area contributed by atoms with Crippen LogP contribution in [0.15, 0.2) is 30.5 Å². The molecule has 0 aliphatic rings. The van der Waals surface area contributed by atoms with Gasteiger partial charge in [0.2, 0.25) is 6.29 Å². The third kappa shape index (κ3) is 7.39. The second kappa shape index (κ2) is 10.1. The molecule has 0 saturated carbocycles. The van der Waals surface area contributed by atoms with Crippen LogP contribution in [0.2, 0.25) is 5.02 Å². The van der Waals surface area contributed by atoms with E-state index < -0.39 is 12.3 Å². The Kier molecular flexibility index (Phi) is 8.51. The number of unbranched alkanes of at least 4 members (excludes halogenated alkanes) is 2. The first kappa shape index (κ1) is 19.3. The maximum absolute atomic E-state index is 12.1. The molecule has 0 fully saturated rings. The standard InChI is InChI=1S/C17H23ClO5/c1-4-5-6-7-16(22-11-21-12(2)3)23-17(20)13-8-9-15(19)14(18)10-13/h8-10,16,19H,2,4-7,11H2,1,3H3. The van der Waals surface area contributed by atoms with E-state index in [1.165, 1.54) is 18.2 Å². The number of esters is 1. The summed E-state index contributed by atoms with van der Waals surface area (Å²) >= 11 is 5.80. The van der Waals surface area contributed by atoms with E-state index in [-0.39, 0.29) is 23.1 Å². The lowest BCUT2D eigenvalue weighted by atomic mass is 10.2. The minimum absolute atomic E-state index is 0.0320. The van der Waals surface area contributed by atoms with Crippen molar-refractivity contribution in [1.29, 1.82) is 0 Å². The molecule has 1 atom stereocenters. The smallest absolute Gasteiger partial charge is 0.340 e. The van der Waals surface area contributed by atoms with Crippen molar-refractivity contribution in [1.82, 2.24) is 0 Å². The van der Waals surface area contributed by atoms with Gasteiger partial charge in [-0.3, -0.25) is 0 Å². The summed E-state index contributed by atoms with van der Waals surface area (Å²) in [6.07, 6.45) is 2.81. The molecule has 0 bridgehead atoms. The van der Waals surface area contributed by atoms with Crippen molar-refractivity contribution in [3.05, 3.63) is 41.1 Å². The number of carbonyl (C=O) groups is 1. The first-order valence-corrected chi connectivity index (χ1v) is 7.91. The van der Waals surface area contributed by atoms with E-state index in [9.17, 15) is 9.90 Å². The number of hydrogen-bond acceptors (Lipinski definition) is 5. The summed E-state index contributed by atoms with van der Waals surface area (Å²) < 4.78 is 15.9. The van der Waals surface area contributed by atoms with Crippen molar-refractivity contribution in [2.75, 3.05) is 6.79 Å². The Morgan fingerprint density at radius 1 is 1.39 bits per heavy atom. The number of rotatable bonds is 10. The highest BCUT2D eigenvalue weighted by atomic mass is 35.5. The molecule has 5 nitrogen and oxygen atoms in total. The Morgan fingerprint density at radius 2 is 2.13 bits per heavy atom. The lowest BCUT2D eigenvalue weighted by Gasteiger charge is -2.19. The highest BCUT2D eigenvalue weighted by Crippen LogP contribution is 2.24. The second-order valence-corrected chi connectivity index (χ2v) is 5.53. The van der Waals surface area contributed by atoms with Gasteiger partial charge in [0, 0.05) is 6.42 Å². The topological polar surface area (TPSA) is 65.0 Å². The molecule has 0 radical (unpaired) electrons. The van der Waals surface area contributed by atoms with E-state index in [1.54, 1.807) is 6.92 Å². The number of carbonyl (C=O) groups excluding carboxylic acids is 1. The minimum atomic E-state index is -0.707. The van der Waals surface area contributed by atoms with Crippen molar-refractivity contribution in [2.45, 2.75) is 45.8 Å². The molecular weight excluding hydrogens is 320 g/mol. The van der Waals surface area contributed by atoms with Crippen LogP contribution in [0, 0.1) is 0 Å². The molecule has 23 heavy (non-hydrogen) atoms. The second-order valence-electron chi connectivity index (χ2n) is 5.13. The number of ether oxygens (including phenoxy) is 3. The lowest BCUT2D eigenvalue weighted by Crippen LogP contribution is -2.23. The first-order chi connectivity index (χ1) is 10.9. The number of halogens is 1. The number of allylic oxidation sites excluding steroid dienone is 1. The largest absolute Gasteiger partial charge is 0.506 e. The molecule has 1 aromatic rings. The molecule has 0 aliphatic heterocycles. The molecule has 0 heterocycles. The Bertz CT molecular complexity index is 530. The maximum atomic E-state index is 12.1. The fraction of sp³-hybridized carbons (Fsp3) is 0.471. The molecule has 1 aromatic carbocycles. The fourth-order valence-corrected chi connectivity index (χ4v) is 1.95. The molecule has 1 rings (SSSR count). The van der Waals surface area contributed by atoms with E-state index in [4.69, 9.17) is 25.8 Å². The average Bonchev–Trinajstić information content (AvgIpc) is 2.49. The molecule has 1 unspecified atom stereocenters. The van der Waals surface area contributed by atoms with E-state index >= 15 is 0 Å². The third-order valence-electron chi connectivity index (χ3n) is 3.02. The number of hydrogen-bond donors (Lipinski definition) is 1. The predicted octanol–water partition coefficient (Wildman–Crippen LogP) is 4.63. The van der Waals surface area contributed by atoms with Crippen LogP contribution < -0.4 is 0 Å². The number of benzene rings is 1. The Morgan fingerprint density at radius 3 is 2.74 bits per heavy atom. The van der Waals surface area contributed by atoms with Gasteiger partial charge in [-0.05, 0) is 31.5 Å². The average molecular weight is 343 g/mol. The van der Waals surface area contributed by atoms with E-state index in [2.05, 4.69) is 13.5 Å². The van der Waals surface area contributed by atoms with Gasteiger partial charge in [0.15, 0.2) is 6.79 Å². The monoisotopic (exact) mass is 342 g/mol. The van der Waals surface area contributed by atoms with Gasteiger partial charge in [-0.15, -0.1) is 0 Å². The van der Waals surface area contributed by atoms with Crippen LogP contribution in [-0.2, 0) is 14.2 Å². The molecule has 0 amide bonds. The number of aromatic hydroxyl groups is 1. The summed E-state index contributed by atoms with van der Waals surface area (Å²) in [7, 11) is 0. The summed E-state index contributed by atoms with van der Waals surface area (Å²) in [4.78, 5) is 12.1. The Balaban J connectivity index is 2.63. The van der Waals surface area contributed by atoms with Crippen LogP contribution in [0.4, 0.5) is 0 Å². The molecule has 0 saturated heterocycles. The molecule has 6 heteroatoms. The Hall–Kier alpha value is -1.72. The molecule has 0 spiro atoms. The molecular formula is C17H23ClO5. The first-order valence-electron chi connectivity index (χ1n) is 7.53. The van der Waals surface area contributed by atoms with Gasteiger partial charge < -0.3 is 19.3 Å². The van der Waals surface area contributed by atoms with Crippen LogP contribution in [-0.4, -0.2) is 24.2 Å². The predicted molar refractivity (Wildman–Crippen MR) is 88.3 cm³/mol. The molecule has 0 aromatic heterocycles. The van der Waals surface area contributed by atoms with Gasteiger partial charge >= 0.3 is 5.97 Å². The van der Waals surface area contributed by atoms with Crippen LogP contribution in [0.5, 0.6) is 5.75 Å². The zero-order chi connectivity index (χ0) is 17.2. The minimum Gasteiger partial charge on any atom is -0.506 e. The summed E-state index contributed by atoms with van der Waals surface area (Å²) in [6.45, 7) is 7.37. The fourth-order valence-electron chi connectivity index (χ4n) is 1.77. The van der Waals surface area contributed by atoms with Crippen molar-refractivity contribution in [3.63, 3.8) is 0 Å². The van der Waals surface area contributed by atoms with Crippen LogP contribution in [0.3, 0.4) is 0 Å². The van der Waals surface area contributed by atoms with Gasteiger partial charge in [-0.1, -0.05) is 37.9 Å². The number of phenolic OH excluding ortho intramolecular Hbond substituents is 1. The molecule has 128 valence electrons. The highest BCUT2D eigenvalue weighted by Gasteiger charge is 2.17. The Labute approximate surface area is 141 Å². The van der Waals surface area contributed by atoms with E-state index in [1.807, 2.05) is 0 Å². The summed E-state index contributed by atoms with van der Waals surface area (Å²) in [5.74, 6) is -0.133. The van der Waals surface area contributed by atoms with Gasteiger partial charge in [0.25, 0.3) is 0 Å². The molecule has 1 N–H and O–H groups in total. The van der Waals surface area contributed by atoms with Crippen LogP contribution in [0.25, 0.3) is 0 Å².